The lowest BCUT2D eigenvalue weighted by molar-refractivity contribution is -0.297. The molecule has 1 heterocycles. The number of carbonyl (C=O) groups excluding carboxylic acids is 2. The number of hydrogen-bond acceptors (Lipinski definition) is 11. The van der Waals surface area contributed by atoms with Gasteiger partial charge in [0.15, 0.2) is 12.4 Å². The van der Waals surface area contributed by atoms with Gasteiger partial charge in [-0.05, 0) is 89.9 Å². The summed E-state index contributed by atoms with van der Waals surface area (Å²) >= 11 is 0. The molecule has 1 saturated heterocycles. The third-order valence-electron chi connectivity index (χ3n) is 9.16. The van der Waals surface area contributed by atoms with E-state index in [-0.39, 0.29) is 19.4 Å². The minimum atomic E-state index is -4.62. The Balaban J connectivity index is 2.52. The van der Waals surface area contributed by atoms with Crippen LogP contribution in [0.1, 0.15) is 129 Å². The predicted molar refractivity (Wildman–Crippen MR) is 237 cm³/mol. The number of hydrogen-bond donors (Lipinski definition) is 4. The summed E-state index contributed by atoms with van der Waals surface area (Å²) in [5, 5.41) is 30.8. The molecule has 6 atom stereocenters. The zero-order chi connectivity index (χ0) is 44.1. The van der Waals surface area contributed by atoms with Crippen molar-refractivity contribution in [1.82, 2.24) is 0 Å². The number of unbranched alkanes of at least 4 members (excludes halogenated alkanes) is 6. The molecule has 0 bridgehead atoms. The smallest absolute Gasteiger partial charge is 0.306 e. The Labute approximate surface area is 360 Å². The van der Waals surface area contributed by atoms with Gasteiger partial charge >= 0.3 is 11.9 Å². The van der Waals surface area contributed by atoms with Gasteiger partial charge in [0.1, 0.15) is 36.8 Å². The van der Waals surface area contributed by atoms with Gasteiger partial charge in [-0.2, -0.15) is 8.42 Å². The molecule has 0 aromatic rings. The number of carbonyl (C=O) groups is 2. The van der Waals surface area contributed by atoms with Crippen molar-refractivity contribution in [3.8, 4) is 0 Å². The zero-order valence-electron chi connectivity index (χ0n) is 36.0. The van der Waals surface area contributed by atoms with Gasteiger partial charge in [-0.1, -0.05) is 124 Å². The fourth-order valence-corrected chi connectivity index (χ4v) is 6.52. The number of esters is 2. The minimum absolute atomic E-state index is 0.112. The number of aliphatic hydroxyl groups excluding tert-OH is 3. The van der Waals surface area contributed by atoms with Gasteiger partial charge in [0, 0.05) is 12.8 Å². The van der Waals surface area contributed by atoms with Crippen LogP contribution in [-0.4, -0.2) is 96.0 Å². The Morgan fingerprint density at radius 1 is 0.567 bits per heavy atom. The van der Waals surface area contributed by atoms with E-state index in [1.54, 1.807) is 0 Å². The van der Waals surface area contributed by atoms with Gasteiger partial charge in [0.05, 0.1) is 6.61 Å². The Hall–Kier alpha value is -3.43. The molecule has 0 aliphatic carbocycles. The standard InChI is InChI=1S/C47H74O12S/c1-3-5-7-9-11-13-15-17-18-19-20-21-22-24-26-28-30-32-34-36-43(49)58-40(38-57-47-46(52)45(51)44(50)41(59-47)39-60(53,54)55)37-56-42(48)35-33-31-29-27-25-23-16-14-12-10-8-6-4-2/h5-8,11-14,17-18,20-21,23-26,40-41,44-47,50-52H,3-4,9-10,15-16,19,22,27-39H2,1-2H3,(H,53,54,55)/b7-5-,8-6-,13-11-,14-12-,18-17-,21-20-,25-23-,26-24-. The van der Waals surface area contributed by atoms with E-state index in [0.29, 0.717) is 12.8 Å². The number of rotatable bonds is 34. The van der Waals surface area contributed by atoms with Crippen LogP contribution in [0.2, 0.25) is 0 Å². The highest BCUT2D eigenvalue weighted by atomic mass is 32.2. The van der Waals surface area contributed by atoms with Gasteiger partial charge in [-0.3, -0.25) is 14.1 Å². The molecular weight excluding hydrogens is 789 g/mol. The predicted octanol–water partition coefficient (Wildman–Crippen LogP) is 8.66. The summed E-state index contributed by atoms with van der Waals surface area (Å²) in [5.74, 6) is -2.08. The van der Waals surface area contributed by atoms with Gasteiger partial charge < -0.3 is 34.3 Å². The molecule has 0 saturated carbocycles. The third-order valence-corrected chi connectivity index (χ3v) is 9.91. The van der Waals surface area contributed by atoms with E-state index in [1.807, 2.05) is 0 Å². The van der Waals surface area contributed by atoms with Crippen molar-refractivity contribution >= 4 is 22.1 Å². The van der Waals surface area contributed by atoms with E-state index in [2.05, 4.69) is 111 Å². The topological polar surface area (TPSA) is 186 Å². The van der Waals surface area contributed by atoms with Crippen LogP contribution in [0.25, 0.3) is 0 Å². The first-order valence-electron chi connectivity index (χ1n) is 21.8. The van der Waals surface area contributed by atoms with E-state index < -0.39 is 71.2 Å². The van der Waals surface area contributed by atoms with Gasteiger partial charge in [-0.25, -0.2) is 0 Å². The van der Waals surface area contributed by atoms with Crippen LogP contribution in [0.3, 0.4) is 0 Å². The summed E-state index contributed by atoms with van der Waals surface area (Å²) in [7, 11) is -4.62. The molecule has 6 unspecified atom stereocenters. The van der Waals surface area contributed by atoms with Crippen molar-refractivity contribution in [1.29, 1.82) is 0 Å². The molecule has 1 aliphatic heterocycles. The lowest BCUT2D eigenvalue weighted by Crippen LogP contribution is -2.60. The molecule has 340 valence electrons. The van der Waals surface area contributed by atoms with E-state index in [9.17, 15) is 37.9 Å². The van der Waals surface area contributed by atoms with Crippen LogP contribution < -0.4 is 0 Å². The first kappa shape index (κ1) is 54.6. The molecule has 0 amide bonds. The molecule has 0 aromatic heterocycles. The van der Waals surface area contributed by atoms with Crippen LogP contribution in [0.15, 0.2) is 97.2 Å². The summed E-state index contributed by atoms with van der Waals surface area (Å²) < 4.78 is 53.9. The molecule has 1 fully saturated rings. The summed E-state index contributed by atoms with van der Waals surface area (Å²) in [6.45, 7) is 3.45. The quantitative estimate of drug-likeness (QED) is 0.0209. The molecule has 1 rings (SSSR count). The van der Waals surface area contributed by atoms with Gasteiger partial charge in [0.2, 0.25) is 0 Å². The summed E-state index contributed by atoms with van der Waals surface area (Å²) in [6.07, 6.45) is 38.9. The Kier molecular flexibility index (Phi) is 33.0. The van der Waals surface area contributed by atoms with E-state index in [1.165, 1.54) is 0 Å². The van der Waals surface area contributed by atoms with E-state index in [0.717, 1.165) is 89.9 Å². The molecule has 0 spiro atoms. The third kappa shape index (κ3) is 30.6. The van der Waals surface area contributed by atoms with Gasteiger partial charge in [0.25, 0.3) is 10.1 Å². The highest BCUT2D eigenvalue weighted by Crippen LogP contribution is 2.24. The number of aliphatic hydroxyl groups is 3. The Morgan fingerprint density at radius 2 is 1.00 bits per heavy atom. The van der Waals surface area contributed by atoms with E-state index >= 15 is 0 Å². The molecule has 4 N–H and O–H groups in total. The fourth-order valence-electron chi connectivity index (χ4n) is 5.83. The van der Waals surface area contributed by atoms with Crippen LogP contribution in [-0.2, 0) is 38.7 Å². The molecule has 0 aromatic carbocycles. The lowest BCUT2D eigenvalue weighted by atomic mass is 10.00. The summed E-state index contributed by atoms with van der Waals surface area (Å²) in [4.78, 5) is 25.4. The fraction of sp³-hybridized carbons (Fsp3) is 0.617. The zero-order valence-corrected chi connectivity index (χ0v) is 36.8. The Morgan fingerprint density at radius 3 is 1.45 bits per heavy atom. The molecule has 12 nitrogen and oxygen atoms in total. The van der Waals surface area contributed by atoms with Crippen molar-refractivity contribution < 1.29 is 56.8 Å². The summed E-state index contributed by atoms with van der Waals surface area (Å²) in [5.41, 5.74) is 0. The van der Waals surface area contributed by atoms with Crippen molar-refractivity contribution in [3.05, 3.63) is 97.2 Å². The lowest BCUT2D eigenvalue weighted by Gasteiger charge is -2.40. The second-order valence-electron chi connectivity index (χ2n) is 14.6. The van der Waals surface area contributed by atoms with E-state index in [4.69, 9.17) is 18.9 Å². The van der Waals surface area contributed by atoms with Crippen LogP contribution in [0.4, 0.5) is 0 Å². The molecular formula is C47H74O12S. The van der Waals surface area contributed by atoms with Crippen molar-refractivity contribution in [2.24, 2.45) is 0 Å². The van der Waals surface area contributed by atoms with Crippen molar-refractivity contribution in [3.63, 3.8) is 0 Å². The Bertz CT molecular complexity index is 1480. The second-order valence-corrected chi connectivity index (χ2v) is 16.1. The molecule has 13 heteroatoms. The first-order chi connectivity index (χ1) is 29.0. The highest BCUT2D eigenvalue weighted by Gasteiger charge is 2.46. The van der Waals surface area contributed by atoms with Crippen LogP contribution in [0, 0.1) is 0 Å². The van der Waals surface area contributed by atoms with Crippen LogP contribution in [0.5, 0.6) is 0 Å². The highest BCUT2D eigenvalue weighted by molar-refractivity contribution is 7.85. The first-order valence-corrected chi connectivity index (χ1v) is 23.4. The minimum Gasteiger partial charge on any atom is -0.462 e. The molecule has 60 heavy (non-hydrogen) atoms. The van der Waals surface area contributed by atoms with Crippen molar-refractivity contribution in [2.75, 3.05) is 19.0 Å². The average Bonchev–Trinajstić information content (AvgIpc) is 3.21. The second kappa shape index (κ2) is 36.2. The number of allylic oxidation sites excluding steroid dienone is 16. The molecule has 0 radical (unpaired) electrons. The largest absolute Gasteiger partial charge is 0.462 e. The van der Waals surface area contributed by atoms with Gasteiger partial charge in [-0.15, -0.1) is 0 Å². The normalized spacial score (nSPS) is 21.1. The average molecular weight is 863 g/mol. The van der Waals surface area contributed by atoms with Crippen LogP contribution >= 0.6 is 0 Å². The maximum Gasteiger partial charge on any atom is 0.306 e. The molecule has 1 aliphatic rings. The maximum absolute atomic E-state index is 12.8. The SMILES string of the molecule is CC/C=C\C/C=C\C/C=C\C/C=C\C/C=C\CCCCCC(=O)OC(COC(=O)CCCCC/C=C\C/C=C\C/C=C\CC)COC1OC(CS(=O)(=O)O)C(O)C(O)C1O. The monoisotopic (exact) mass is 862 g/mol. The van der Waals surface area contributed by atoms with Crippen molar-refractivity contribution in [2.45, 2.75) is 166 Å². The number of ether oxygens (including phenoxy) is 4. The maximum atomic E-state index is 12.8. The summed E-state index contributed by atoms with van der Waals surface area (Å²) in [6, 6.07) is 0.